The summed E-state index contributed by atoms with van der Waals surface area (Å²) in [5.74, 6) is 0.152. The van der Waals surface area contributed by atoms with Gasteiger partial charge in [0.25, 0.3) is 5.69 Å². The summed E-state index contributed by atoms with van der Waals surface area (Å²) < 4.78 is 6.32. The zero-order chi connectivity index (χ0) is 22.0. The normalized spacial score (nSPS) is 22.0. The molecule has 2 aliphatic carbocycles. The lowest BCUT2D eigenvalue weighted by Crippen LogP contribution is -2.52. The van der Waals surface area contributed by atoms with Gasteiger partial charge < -0.3 is 14.7 Å². The van der Waals surface area contributed by atoms with Crippen LogP contribution < -0.4 is 4.90 Å². The van der Waals surface area contributed by atoms with Crippen molar-refractivity contribution in [3.63, 3.8) is 0 Å². The molecule has 0 bridgehead atoms. The summed E-state index contributed by atoms with van der Waals surface area (Å²) in [6.07, 6.45) is 9.78. The molecule has 2 fully saturated rings. The number of carbonyl (C=O) groups is 1. The second-order valence-electron chi connectivity index (χ2n) is 9.21. The number of aliphatic hydroxyl groups excluding tert-OH is 1. The molecule has 3 aliphatic rings. The Kier molecular flexibility index (Phi) is 6.21. The number of anilines is 1. The maximum absolute atomic E-state index is 13.4. The summed E-state index contributed by atoms with van der Waals surface area (Å²) in [4.78, 5) is 25.9. The van der Waals surface area contributed by atoms with Gasteiger partial charge in [-0.15, -0.1) is 0 Å². The van der Waals surface area contributed by atoms with E-state index >= 15 is 0 Å². The molecule has 168 valence electrons. The number of hydrogen-bond acceptors (Lipinski definition) is 6. The molecule has 1 aromatic carbocycles. The predicted molar refractivity (Wildman–Crippen MR) is 118 cm³/mol. The van der Waals surface area contributed by atoms with Crippen molar-refractivity contribution < 1.29 is 19.6 Å². The summed E-state index contributed by atoms with van der Waals surface area (Å²) >= 11 is 0. The van der Waals surface area contributed by atoms with E-state index in [1.54, 1.807) is 17.0 Å². The van der Waals surface area contributed by atoms with Crippen molar-refractivity contribution in [1.29, 1.82) is 0 Å². The van der Waals surface area contributed by atoms with Crippen molar-refractivity contribution in [2.24, 2.45) is 11.8 Å². The number of rotatable bonds is 7. The lowest BCUT2D eigenvalue weighted by Gasteiger charge is -2.46. The standard InChI is InChI=1S/C24H32N2O5/c1-2-14-25(19-12-7-13-20(15-19)26(29)30)22-21(27)16-24(31-23(22)28,17-8-3-4-9-17)18-10-5-6-11-18/h7,12-13,15,17-18,27H,2-6,8-11,14,16H2,1H3. The first-order chi connectivity index (χ1) is 15.0. The molecule has 0 aromatic heterocycles. The van der Waals surface area contributed by atoms with Crippen LogP contribution in [0.5, 0.6) is 0 Å². The Balaban J connectivity index is 1.72. The van der Waals surface area contributed by atoms with Crippen molar-refractivity contribution in [3.8, 4) is 0 Å². The number of aliphatic hydroxyl groups is 1. The molecule has 4 rings (SSSR count). The number of cyclic esters (lactones) is 1. The SMILES string of the molecule is CCCN(C1=C(O)CC(C2CCCC2)(C2CCCC2)OC1=O)c1cccc([N+](=O)[O-])c1. The van der Waals surface area contributed by atoms with Crippen LogP contribution in [-0.4, -0.2) is 28.1 Å². The van der Waals surface area contributed by atoms with Gasteiger partial charge in [-0.3, -0.25) is 10.1 Å². The highest BCUT2D eigenvalue weighted by Gasteiger charge is 2.54. The van der Waals surface area contributed by atoms with E-state index in [4.69, 9.17) is 4.74 Å². The fraction of sp³-hybridized carbons (Fsp3) is 0.625. The third kappa shape index (κ3) is 4.02. The van der Waals surface area contributed by atoms with E-state index in [1.165, 1.54) is 12.1 Å². The summed E-state index contributed by atoms with van der Waals surface area (Å²) in [5, 5.41) is 22.5. The van der Waals surface area contributed by atoms with Crippen LogP contribution in [0.4, 0.5) is 11.4 Å². The maximum atomic E-state index is 13.4. The van der Waals surface area contributed by atoms with Gasteiger partial charge in [-0.05, 0) is 50.0 Å². The Morgan fingerprint density at radius 3 is 2.29 bits per heavy atom. The lowest BCUT2D eigenvalue weighted by atomic mass is 9.71. The van der Waals surface area contributed by atoms with Gasteiger partial charge in [0.2, 0.25) is 0 Å². The molecule has 0 saturated heterocycles. The number of hydrogen-bond donors (Lipinski definition) is 1. The monoisotopic (exact) mass is 428 g/mol. The first kappa shape index (κ1) is 21.7. The Labute approximate surface area is 183 Å². The summed E-state index contributed by atoms with van der Waals surface area (Å²) in [6.45, 7) is 2.42. The van der Waals surface area contributed by atoms with Gasteiger partial charge in [0.15, 0.2) is 5.70 Å². The average Bonchev–Trinajstić information content (AvgIpc) is 3.47. The summed E-state index contributed by atoms with van der Waals surface area (Å²) in [6, 6.07) is 6.19. The van der Waals surface area contributed by atoms with Gasteiger partial charge >= 0.3 is 5.97 Å². The van der Waals surface area contributed by atoms with Crippen LogP contribution in [0.15, 0.2) is 35.7 Å². The minimum atomic E-state index is -0.613. The van der Waals surface area contributed by atoms with Crippen molar-refractivity contribution >= 4 is 17.3 Å². The smallest absolute Gasteiger partial charge is 0.359 e. The molecule has 1 aromatic rings. The number of ether oxygens (including phenoxy) is 1. The van der Waals surface area contributed by atoms with E-state index in [2.05, 4.69) is 0 Å². The molecule has 1 N–H and O–H groups in total. The molecule has 7 nitrogen and oxygen atoms in total. The van der Waals surface area contributed by atoms with Gasteiger partial charge in [0, 0.05) is 30.8 Å². The second-order valence-corrected chi connectivity index (χ2v) is 9.21. The van der Waals surface area contributed by atoms with Crippen LogP contribution in [0.1, 0.15) is 71.1 Å². The fourth-order valence-electron chi connectivity index (χ4n) is 5.97. The molecular weight excluding hydrogens is 396 g/mol. The molecule has 2 saturated carbocycles. The topological polar surface area (TPSA) is 92.9 Å². The Morgan fingerprint density at radius 1 is 1.16 bits per heavy atom. The fourth-order valence-corrected chi connectivity index (χ4v) is 5.97. The van der Waals surface area contributed by atoms with Gasteiger partial charge in [-0.1, -0.05) is 38.7 Å². The Morgan fingerprint density at radius 2 is 1.77 bits per heavy atom. The van der Waals surface area contributed by atoms with Crippen LogP contribution in [-0.2, 0) is 9.53 Å². The number of esters is 1. The molecule has 31 heavy (non-hydrogen) atoms. The second kappa shape index (κ2) is 8.89. The van der Waals surface area contributed by atoms with E-state index in [0.717, 1.165) is 51.4 Å². The van der Waals surface area contributed by atoms with E-state index < -0.39 is 16.5 Å². The maximum Gasteiger partial charge on any atom is 0.359 e. The van der Waals surface area contributed by atoms with Crippen LogP contribution in [0.2, 0.25) is 0 Å². The largest absolute Gasteiger partial charge is 0.510 e. The third-order valence-corrected chi connectivity index (χ3v) is 7.35. The lowest BCUT2D eigenvalue weighted by molar-refractivity contribution is -0.384. The third-order valence-electron chi connectivity index (χ3n) is 7.35. The zero-order valence-corrected chi connectivity index (χ0v) is 18.2. The summed E-state index contributed by atoms with van der Waals surface area (Å²) in [7, 11) is 0. The van der Waals surface area contributed by atoms with Gasteiger partial charge in [0.1, 0.15) is 11.4 Å². The number of carbonyl (C=O) groups excluding carboxylic acids is 1. The van der Waals surface area contributed by atoms with Crippen molar-refractivity contribution in [2.45, 2.75) is 76.7 Å². The minimum Gasteiger partial charge on any atom is -0.510 e. The summed E-state index contributed by atoms with van der Waals surface area (Å²) in [5.41, 5.74) is -0.00927. The molecule has 0 atom stereocenters. The molecule has 0 unspecified atom stereocenters. The van der Waals surface area contributed by atoms with E-state index in [9.17, 15) is 20.0 Å². The Bertz CT molecular complexity index is 852. The molecular formula is C24H32N2O5. The molecule has 1 aliphatic heterocycles. The van der Waals surface area contributed by atoms with Gasteiger partial charge in [-0.2, -0.15) is 0 Å². The highest BCUT2D eigenvalue weighted by atomic mass is 16.6. The van der Waals surface area contributed by atoms with Crippen molar-refractivity contribution in [3.05, 3.63) is 45.8 Å². The highest BCUT2D eigenvalue weighted by molar-refractivity contribution is 5.94. The molecule has 7 heteroatoms. The van der Waals surface area contributed by atoms with Gasteiger partial charge in [0.05, 0.1) is 4.92 Å². The minimum absolute atomic E-state index is 0.0471. The molecule has 0 radical (unpaired) electrons. The van der Waals surface area contributed by atoms with E-state index in [0.29, 0.717) is 36.9 Å². The average molecular weight is 429 g/mol. The first-order valence-corrected chi connectivity index (χ1v) is 11.6. The quantitative estimate of drug-likeness (QED) is 0.343. The Hall–Kier alpha value is -2.57. The molecule has 0 amide bonds. The van der Waals surface area contributed by atoms with Crippen molar-refractivity contribution in [1.82, 2.24) is 0 Å². The number of nitro benzene ring substituents is 1. The van der Waals surface area contributed by atoms with Crippen LogP contribution in [0.3, 0.4) is 0 Å². The predicted octanol–water partition coefficient (Wildman–Crippen LogP) is 5.65. The molecule has 0 spiro atoms. The zero-order valence-electron chi connectivity index (χ0n) is 18.2. The highest BCUT2D eigenvalue weighted by Crippen LogP contribution is 2.52. The van der Waals surface area contributed by atoms with Crippen molar-refractivity contribution in [2.75, 3.05) is 11.4 Å². The van der Waals surface area contributed by atoms with E-state index in [1.807, 2.05) is 6.92 Å². The van der Waals surface area contributed by atoms with E-state index in [-0.39, 0.29) is 17.1 Å². The number of nitrogens with zero attached hydrogens (tertiary/aromatic N) is 2. The van der Waals surface area contributed by atoms with Crippen LogP contribution in [0, 0.1) is 22.0 Å². The van der Waals surface area contributed by atoms with Crippen LogP contribution in [0.25, 0.3) is 0 Å². The van der Waals surface area contributed by atoms with Crippen LogP contribution >= 0.6 is 0 Å². The number of nitro groups is 1. The van der Waals surface area contributed by atoms with Gasteiger partial charge in [-0.25, -0.2) is 4.79 Å². The number of non-ortho nitro benzene ring substituents is 1. The first-order valence-electron chi connectivity index (χ1n) is 11.6. The number of benzene rings is 1. The molecule has 1 heterocycles.